The van der Waals surface area contributed by atoms with E-state index in [0.29, 0.717) is 18.0 Å². The molecular formula is C15H21N3O4S3. The number of hydrogen-bond donors (Lipinski definition) is 2. The third-order valence-corrected chi connectivity index (χ3v) is 8.19. The zero-order valence-electron chi connectivity index (χ0n) is 13.6. The average Bonchev–Trinajstić information content (AvgIpc) is 3.07. The maximum Gasteiger partial charge on any atom is 0.188 e. The van der Waals surface area contributed by atoms with Crippen LogP contribution < -0.4 is 10.7 Å². The summed E-state index contributed by atoms with van der Waals surface area (Å²) in [5.74, 6) is 0.306. The van der Waals surface area contributed by atoms with Gasteiger partial charge in [0.1, 0.15) is 0 Å². The van der Waals surface area contributed by atoms with E-state index < -0.39 is 19.7 Å². The second-order valence-electron chi connectivity index (χ2n) is 6.45. The lowest BCUT2D eigenvalue weighted by atomic mass is 10.2. The van der Waals surface area contributed by atoms with Crippen molar-refractivity contribution in [2.24, 2.45) is 0 Å². The van der Waals surface area contributed by atoms with Crippen molar-refractivity contribution in [3.05, 3.63) is 30.3 Å². The van der Waals surface area contributed by atoms with Gasteiger partial charge < -0.3 is 5.32 Å². The molecule has 0 amide bonds. The molecule has 1 aromatic carbocycles. The maximum atomic E-state index is 11.9. The molecule has 138 valence electrons. The number of hydrazine groups is 1. The van der Waals surface area contributed by atoms with Crippen LogP contribution in [0.5, 0.6) is 0 Å². The Morgan fingerprint density at radius 1 is 1.00 bits per heavy atom. The minimum Gasteiger partial charge on any atom is -0.332 e. The molecule has 0 radical (unpaired) electrons. The summed E-state index contributed by atoms with van der Waals surface area (Å²) in [7, 11) is -6.13. The van der Waals surface area contributed by atoms with Crippen LogP contribution in [0.15, 0.2) is 30.3 Å². The number of sulfone groups is 2. The number of anilines is 1. The summed E-state index contributed by atoms with van der Waals surface area (Å²) in [6.07, 6.45) is 0.956. The minimum absolute atomic E-state index is 0.01000. The highest BCUT2D eigenvalue weighted by Crippen LogP contribution is 2.20. The highest BCUT2D eigenvalue weighted by molar-refractivity contribution is 7.92. The van der Waals surface area contributed by atoms with Gasteiger partial charge in [0.2, 0.25) is 0 Å². The monoisotopic (exact) mass is 403 g/mol. The molecule has 2 atom stereocenters. The van der Waals surface area contributed by atoms with Crippen LogP contribution in [0.25, 0.3) is 0 Å². The smallest absolute Gasteiger partial charge is 0.188 e. The third kappa shape index (κ3) is 4.90. The lowest BCUT2D eigenvalue weighted by molar-refractivity contribution is 0.220. The molecular weight excluding hydrogens is 382 g/mol. The number of nitrogens with zero attached hydrogens (tertiary/aromatic N) is 1. The second-order valence-corrected chi connectivity index (χ2v) is 11.3. The van der Waals surface area contributed by atoms with Crippen molar-refractivity contribution in [1.82, 2.24) is 10.4 Å². The number of hydrogen-bond acceptors (Lipinski definition) is 6. The van der Waals surface area contributed by atoms with Crippen LogP contribution in [-0.2, 0) is 19.7 Å². The van der Waals surface area contributed by atoms with Crippen molar-refractivity contribution < 1.29 is 16.8 Å². The molecule has 0 aliphatic carbocycles. The summed E-state index contributed by atoms with van der Waals surface area (Å²) in [5, 5.41) is 5.07. The molecule has 0 unspecified atom stereocenters. The summed E-state index contributed by atoms with van der Waals surface area (Å²) in [4.78, 5) is 0. The summed E-state index contributed by atoms with van der Waals surface area (Å²) in [6.45, 7) is 0. The molecule has 3 rings (SSSR count). The number of thiocarbonyl (C=S) groups is 1. The van der Waals surface area contributed by atoms with Crippen molar-refractivity contribution in [1.29, 1.82) is 0 Å². The Morgan fingerprint density at radius 3 is 2.20 bits per heavy atom. The van der Waals surface area contributed by atoms with Crippen LogP contribution in [0.3, 0.4) is 0 Å². The largest absolute Gasteiger partial charge is 0.332 e. The van der Waals surface area contributed by atoms with E-state index in [2.05, 4.69) is 10.7 Å². The molecule has 2 aliphatic heterocycles. The van der Waals surface area contributed by atoms with E-state index in [9.17, 15) is 16.8 Å². The molecule has 7 nitrogen and oxygen atoms in total. The maximum absolute atomic E-state index is 11.9. The first kappa shape index (κ1) is 18.6. The fourth-order valence-electron chi connectivity index (χ4n) is 3.11. The minimum atomic E-state index is -3.09. The van der Waals surface area contributed by atoms with Crippen LogP contribution in [0, 0.1) is 0 Å². The number of para-hydroxylation sites is 1. The number of rotatable bonds is 4. The van der Waals surface area contributed by atoms with Gasteiger partial charge in [0, 0.05) is 11.7 Å². The van der Waals surface area contributed by atoms with Gasteiger partial charge in [-0.2, -0.15) is 0 Å². The van der Waals surface area contributed by atoms with Gasteiger partial charge in [-0.15, -0.1) is 0 Å². The van der Waals surface area contributed by atoms with E-state index in [1.54, 1.807) is 5.01 Å². The van der Waals surface area contributed by atoms with Crippen molar-refractivity contribution in [3.63, 3.8) is 0 Å². The summed E-state index contributed by atoms with van der Waals surface area (Å²) >= 11 is 5.47. The van der Waals surface area contributed by atoms with E-state index >= 15 is 0 Å². The van der Waals surface area contributed by atoms with Crippen LogP contribution in [-0.4, -0.2) is 62.1 Å². The standard InChI is InChI=1S/C15H21N3O4S3/c19-24(20)8-6-13(10-24)17-18(14-7-9-25(21,22)11-14)15(23)16-12-4-2-1-3-5-12/h1-5,13-14,17H,6-11H2,(H,16,23)/t13-,14-/m1/s1. The van der Waals surface area contributed by atoms with Crippen LogP contribution in [0.4, 0.5) is 5.69 Å². The summed E-state index contributed by atoms with van der Waals surface area (Å²) in [6, 6.07) is 8.77. The zero-order valence-corrected chi connectivity index (χ0v) is 16.0. The predicted octanol–water partition coefficient (Wildman–Crippen LogP) is 0.564. The predicted molar refractivity (Wildman–Crippen MR) is 102 cm³/mol. The Morgan fingerprint density at radius 2 is 1.64 bits per heavy atom. The van der Waals surface area contributed by atoms with Gasteiger partial charge in [0.15, 0.2) is 24.8 Å². The highest BCUT2D eigenvalue weighted by atomic mass is 32.2. The Hall–Kier alpha value is -1.23. The molecule has 10 heteroatoms. The SMILES string of the molecule is O=S1(=O)CC[C@@H](NN(C(=S)Nc2ccccc2)[C@@H]2CCS(=O)(=O)C2)C1. The van der Waals surface area contributed by atoms with E-state index in [1.165, 1.54) is 0 Å². The molecule has 2 heterocycles. The Balaban J connectivity index is 1.75. The van der Waals surface area contributed by atoms with Gasteiger partial charge in [-0.25, -0.2) is 22.3 Å². The molecule has 0 spiro atoms. The number of nitrogens with one attached hydrogen (secondary N) is 2. The van der Waals surface area contributed by atoms with Crippen LogP contribution in [0.1, 0.15) is 12.8 Å². The lowest BCUT2D eigenvalue weighted by Crippen LogP contribution is -2.55. The normalized spacial score (nSPS) is 27.0. The molecule has 0 bridgehead atoms. The third-order valence-electron chi connectivity index (χ3n) is 4.37. The molecule has 2 aliphatic rings. The van der Waals surface area contributed by atoms with Gasteiger partial charge in [-0.1, -0.05) is 18.2 Å². The van der Waals surface area contributed by atoms with E-state index in [1.807, 2.05) is 30.3 Å². The topological polar surface area (TPSA) is 95.6 Å². The highest BCUT2D eigenvalue weighted by Gasteiger charge is 2.37. The van der Waals surface area contributed by atoms with Crippen LogP contribution in [0.2, 0.25) is 0 Å². The fourth-order valence-corrected chi connectivity index (χ4v) is 6.79. The molecule has 0 aromatic heterocycles. The van der Waals surface area contributed by atoms with E-state index in [-0.39, 0.29) is 35.1 Å². The summed E-state index contributed by atoms with van der Waals surface area (Å²) < 4.78 is 47.1. The lowest BCUT2D eigenvalue weighted by Gasteiger charge is -2.33. The Kier molecular flexibility index (Phi) is 5.33. The van der Waals surface area contributed by atoms with Gasteiger partial charge in [0.05, 0.1) is 29.1 Å². The van der Waals surface area contributed by atoms with Gasteiger partial charge in [0.25, 0.3) is 0 Å². The van der Waals surface area contributed by atoms with Crippen LogP contribution >= 0.6 is 12.2 Å². The fraction of sp³-hybridized carbons (Fsp3) is 0.533. The Bertz CT molecular complexity index is 840. The molecule has 2 saturated heterocycles. The molecule has 1 aromatic rings. The first-order chi connectivity index (χ1) is 11.7. The molecule has 2 N–H and O–H groups in total. The van der Waals surface area contributed by atoms with Gasteiger partial charge in [-0.05, 0) is 37.2 Å². The first-order valence-corrected chi connectivity index (χ1v) is 12.1. The van der Waals surface area contributed by atoms with Crippen molar-refractivity contribution in [2.75, 3.05) is 28.3 Å². The number of benzene rings is 1. The Labute approximate surface area is 153 Å². The first-order valence-electron chi connectivity index (χ1n) is 8.06. The van der Waals surface area contributed by atoms with Crippen molar-refractivity contribution in [3.8, 4) is 0 Å². The molecule has 25 heavy (non-hydrogen) atoms. The van der Waals surface area contributed by atoms with E-state index in [4.69, 9.17) is 12.2 Å². The quantitative estimate of drug-likeness (QED) is 0.556. The summed E-state index contributed by atoms with van der Waals surface area (Å²) in [5.41, 5.74) is 3.95. The van der Waals surface area contributed by atoms with Crippen molar-refractivity contribution >= 4 is 42.7 Å². The second kappa shape index (κ2) is 7.18. The van der Waals surface area contributed by atoms with Gasteiger partial charge in [-0.3, -0.25) is 5.01 Å². The van der Waals surface area contributed by atoms with Crippen molar-refractivity contribution in [2.45, 2.75) is 24.9 Å². The zero-order chi connectivity index (χ0) is 18.1. The van der Waals surface area contributed by atoms with Gasteiger partial charge >= 0.3 is 0 Å². The van der Waals surface area contributed by atoms with E-state index in [0.717, 1.165) is 5.69 Å². The molecule has 0 saturated carbocycles. The molecule has 2 fully saturated rings. The average molecular weight is 404 g/mol.